The molecule has 0 fully saturated rings. The number of halogens is 3. The maximum atomic E-state index is 13.2. The van der Waals surface area contributed by atoms with Gasteiger partial charge in [-0.1, -0.05) is 29.3 Å². The van der Waals surface area contributed by atoms with E-state index in [0.29, 0.717) is 5.69 Å². The molecule has 0 saturated carbocycles. The number of hydrogen-bond donors (Lipinski definition) is 0. The number of amides is 1. The molecule has 3 nitrogen and oxygen atoms in total. The number of alkyl halides is 2. The van der Waals surface area contributed by atoms with Crippen LogP contribution < -0.4 is 4.90 Å². The summed E-state index contributed by atoms with van der Waals surface area (Å²) in [6, 6.07) is 5.43. The summed E-state index contributed by atoms with van der Waals surface area (Å²) in [7, 11) is 0. The standard InChI is InChI=1S/C12H9Cl2FN2O/c1-2-5-17(12(18)11(13)14)9-3-4-10(15)8(6-9)7-16/h2-4,6,11H,1,5H2. The van der Waals surface area contributed by atoms with E-state index in [9.17, 15) is 9.18 Å². The van der Waals surface area contributed by atoms with Gasteiger partial charge in [-0.25, -0.2) is 4.39 Å². The van der Waals surface area contributed by atoms with Gasteiger partial charge >= 0.3 is 0 Å². The molecular weight excluding hydrogens is 278 g/mol. The van der Waals surface area contributed by atoms with Crippen LogP contribution in [0.5, 0.6) is 0 Å². The van der Waals surface area contributed by atoms with Gasteiger partial charge in [0.25, 0.3) is 5.91 Å². The van der Waals surface area contributed by atoms with Crippen molar-refractivity contribution in [2.45, 2.75) is 4.84 Å². The van der Waals surface area contributed by atoms with Gasteiger partial charge in [0.15, 0.2) is 4.84 Å². The number of nitriles is 1. The van der Waals surface area contributed by atoms with Crippen molar-refractivity contribution in [3.05, 3.63) is 42.2 Å². The van der Waals surface area contributed by atoms with Gasteiger partial charge in [-0.3, -0.25) is 4.79 Å². The van der Waals surface area contributed by atoms with Crippen LogP contribution in [-0.2, 0) is 4.79 Å². The van der Waals surface area contributed by atoms with Gasteiger partial charge in [-0.2, -0.15) is 5.26 Å². The third kappa shape index (κ3) is 3.22. The van der Waals surface area contributed by atoms with Crippen LogP contribution in [0.15, 0.2) is 30.9 Å². The molecule has 1 aromatic carbocycles. The molecule has 0 aromatic heterocycles. The molecule has 1 aromatic rings. The molecule has 0 spiro atoms. The highest BCUT2D eigenvalue weighted by Crippen LogP contribution is 2.21. The summed E-state index contributed by atoms with van der Waals surface area (Å²) in [6.07, 6.45) is 1.48. The van der Waals surface area contributed by atoms with Gasteiger partial charge in [0.1, 0.15) is 11.9 Å². The van der Waals surface area contributed by atoms with Crippen LogP contribution in [0.1, 0.15) is 5.56 Å². The van der Waals surface area contributed by atoms with Crippen molar-refractivity contribution in [2.24, 2.45) is 0 Å². The lowest BCUT2D eigenvalue weighted by molar-refractivity contribution is -0.116. The van der Waals surface area contributed by atoms with Crippen molar-refractivity contribution >= 4 is 34.8 Å². The Morgan fingerprint density at radius 1 is 1.61 bits per heavy atom. The maximum absolute atomic E-state index is 13.2. The first-order valence-electron chi connectivity index (χ1n) is 4.91. The summed E-state index contributed by atoms with van der Waals surface area (Å²) < 4.78 is 13.2. The monoisotopic (exact) mass is 286 g/mol. The Hall–Kier alpha value is -1.57. The lowest BCUT2D eigenvalue weighted by atomic mass is 10.2. The average molecular weight is 287 g/mol. The zero-order chi connectivity index (χ0) is 13.7. The average Bonchev–Trinajstić information content (AvgIpc) is 2.36. The molecule has 0 saturated heterocycles. The molecule has 0 radical (unpaired) electrons. The van der Waals surface area contributed by atoms with Crippen molar-refractivity contribution in [3.8, 4) is 6.07 Å². The molecule has 0 unspecified atom stereocenters. The molecule has 1 amide bonds. The Morgan fingerprint density at radius 2 is 2.28 bits per heavy atom. The van der Waals surface area contributed by atoms with Crippen LogP contribution in [0.4, 0.5) is 10.1 Å². The van der Waals surface area contributed by atoms with E-state index in [2.05, 4.69) is 6.58 Å². The highest BCUT2D eigenvalue weighted by molar-refractivity contribution is 6.54. The van der Waals surface area contributed by atoms with E-state index in [1.165, 1.54) is 23.1 Å². The smallest absolute Gasteiger partial charge is 0.260 e. The van der Waals surface area contributed by atoms with Crippen LogP contribution in [0.2, 0.25) is 0 Å². The minimum Gasteiger partial charge on any atom is -0.306 e. The van der Waals surface area contributed by atoms with Gasteiger partial charge in [0, 0.05) is 12.2 Å². The van der Waals surface area contributed by atoms with Crippen molar-refractivity contribution in [3.63, 3.8) is 0 Å². The minimum absolute atomic E-state index is 0.157. The Kier molecular flexibility index (Phi) is 5.14. The summed E-state index contributed by atoms with van der Waals surface area (Å²) >= 11 is 11.0. The van der Waals surface area contributed by atoms with Crippen LogP contribution in [0.25, 0.3) is 0 Å². The van der Waals surface area contributed by atoms with Gasteiger partial charge < -0.3 is 4.90 Å². The lowest BCUT2D eigenvalue weighted by Gasteiger charge is -2.22. The molecule has 6 heteroatoms. The van der Waals surface area contributed by atoms with Gasteiger partial charge in [-0.05, 0) is 18.2 Å². The number of rotatable bonds is 4. The summed E-state index contributed by atoms with van der Waals surface area (Å²) in [5, 5.41) is 8.74. The normalized spacial score (nSPS) is 9.94. The molecule has 1 rings (SSSR count). The third-order valence-corrected chi connectivity index (χ3v) is 2.52. The topological polar surface area (TPSA) is 44.1 Å². The predicted molar refractivity (Wildman–Crippen MR) is 69.2 cm³/mol. The van der Waals surface area contributed by atoms with E-state index in [1.807, 2.05) is 0 Å². The molecule has 0 aliphatic carbocycles. The molecule has 18 heavy (non-hydrogen) atoms. The van der Waals surface area contributed by atoms with E-state index >= 15 is 0 Å². The second-order valence-corrected chi connectivity index (χ2v) is 4.41. The Balaban J connectivity index is 3.18. The van der Waals surface area contributed by atoms with Crippen LogP contribution >= 0.6 is 23.2 Å². The van der Waals surface area contributed by atoms with Gasteiger partial charge in [0.05, 0.1) is 5.56 Å². The quantitative estimate of drug-likeness (QED) is 0.631. The maximum Gasteiger partial charge on any atom is 0.260 e. The molecule has 0 atom stereocenters. The molecule has 0 aliphatic heterocycles. The highest BCUT2D eigenvalue weighted by Gasteiger charge is 2.21. The second kappa shape index (κ2) is 6.39. The zero-order valence-corrected chi connectivity index (χ0v) is 10.7. The largest absolute Gasteiger partial charge is 0.306 e. The summed E-state index contributed by atoms with van der Waals surface area (Å²) in [5.74, 6) is -1.21. The fourth-order valence-electron chi connectivity index (χ4n) is 1.34. The van der Waals surface area contributed by atoms with Crippen LogP contribution in [0.3, 0.4) is 0 Å². The molecule has 0 aliphatic rings. The van der Waals surface area contributed by atoms with Crippen LogP contribution in [-0.4, -0.2) is 17.3 Å². The molecule has 0 heterocycles. The molecule has 94 valence electrons. The molecule has 0 N–H and O–H groups in total. The number of carbonyl (C=O) groups is 1. The fraction of sp³-hybridized carbons (Fsp3) is 0.167. The van der Waals surface area contributed by atoms with Gasteiger partial charge in [0.2, 0.25) is 0 Å². The lowest BCUT2D eigenvalue weighted by Crippen LogP contribution is -2.35. The number of hydrogen-bond acceptors (Lipinski definition) is 2. The molecular formula is C12H9Cl2FN2O. The highest BCUT2D eigenvalue weighted by atomic mass is 35.5. The number of nitrogens with zero attached hydrogens (tertiary/aromatic N) is 2. The van der Waals surface area contributed by atoms with Gasteiger partial charge in [-0.15, -0.1) is 6.58 Å². The summed E-state index contributed by atoms with van der Waals surface area (Å²) in [4.78, 5) is 11.7. The third-order valence-electron chi connectivity index (χ3n) is 2.15. The van der Waals surface area contributed by atoms with Crippen LogP contribution in [0, 0.1) is 17.1 Å². The fourth-order valence-corrected chi connectivity index (χ4v) is 1.57. The van der Waals surface area contributed by atoms with Crippen molar-refractivity contribution in [2.75, 3.05) is 11.4 Å². The van der Waals surface area contributed by atoms with E-state index < -0.39 is 16.6 Å². The summed E-state index contributed by atoms with van der Waals surface area (Å²) in [6.45, 7) is 3.67. The minimum atomic E-state index is -1.24. The van der Waals surface area contributed by atoms with Crippen molar-refractivity contribution < 1.29 is 9.18 Å². The Labute approximate surface area is 114 Å². The Bertz CT molecular complexity index is 511. The zero-order valence-electron chi connectivity index (χ0n) is 9.24. The second-order valence-electron chi connectivity index (χ2n) is 3.31. The van der Waals surface area contributed by atoms with E-state index in [-0.39, 0.29) is 12.1 Å². The number of benzene rings is 1. The van der Waals surface area contributed by atoms with E-state index in [0.717, 1.165) is 6.07 Å². The van der Waals surface area contributed by atoms with E-state index in [1.54, 1.807) is 6.07 Å². The van der Waals surface area contributed by atoms with E-state index in [4.69, 9.17) is 28.5 Å². The summed E-state index contributed by atoms with van der Waals surface area (Å²) in [5.41, 5.74) is 0.180. The van der Waals surface area contributed by atoms with Crippen molar-refractivity contribution in [1.29, 1.82) is 5.26 Å². The van der Waals surface area contributed by atoms with Crippen molar-refractivity contribution in [1.82, 2.24) is 0 Å². The number of anilines is 1. The Morgan fingerprint density at radius 3 is 2.78 bits per heavy atom. The predicted octanol–water partition coefficient (Wildman–Crippen LogP) is 3.02. The first-order chi connectivity index (χ1) is 8.51. The SMILES string of the molecule is C=CCN(C(=O)C(Cl)Cl)c1ccc(F)c(C#N)c1. The number of carbonyl (C=O) groups excluding carboxylic acids is 1. The first kappa shape index (κ1) is 14.5. The molecule has 0 bridgehead atoms. The first-order valence-corrected chi connectivity index (χ1v) is 5.78.